The molecule has 1 aliphatic carbocycles. The van der Waals surface area contributed by atoms with E-state index < -0.39 is 12.2 Å². The number of carbonyl (C=O) groups is 1. The van der Waals surface area contributed by atoms with Gasteiger partial charge in [-0.1, -0.05) is 61.4 Å². The number of carbonyl (C=O) groups excluding carboxylic acids is 1. The Morgan fingerprint density at radius 3 is 2.66 bits per heavy atom. The Morgan fingerprint density at radius 2 is 2.03 bits per heavy atom. The molecule has 1 N–H and O–H groups in total. The summed E-state index contributed by atoms with van der Waals surface area (Å²) in [4.78, 5) is 38.0. The largest absolute Gasteiger partial charge is 0.358 e. The van der Waals surface area contributed by atoms with Crippen LogP contribution in [0.25, 0.3) is 6.08 Å². The number of hydrogen-bond donors (Lipinski definition) is 1. The van der Waals surface area contributed by atoms with E-state index in [1.807, 2.05) is 20.8 Å². The summed E-state index contributed by atoms with van der Waals surface area (Å²) < 4.78 is 15.9. The van der Waals surface area contributed by atoms with E-state index in [1.54, 1.807) is 66.3 Å². The zero-order chi connectivity index (χ0) is 28.7. The predicted octanol–water partition coefficient (Wildman–Crippen LogP) is 5.97. The van der Waals surface area contributed by atoms with E-state index in [4.69, 9.17) is 28.0 Å². The Morgan fingerprint density at radius 1 is 1.32 bits per heavy atom. The highest BCUT2D eigenvalue weighted by molar-refractivity contribution is 6.31. The molecule has 1 aromatic heterocycles. The summed E-state index contributed by atoms with van der Waals surface area (Å²) in [6, 6.07) is 0.467. The summed E-state index contributed by atoms with van der Waals surface area (Å²) in [5.74, 6) is 0.773. The maximum atomic E-state index is 14.4. The Labute approximate surface area is 234 Å². The quantitative estimate of drug-likeness (QED) is 0.277. The molecule has 0 spiro atoms. The number of hydroxylamine groups is 1. The van der Waals surface area contributed by atoms with Crippen LogP contribution in [-0.2, 0) is 4.84 Å². The molecule has 0 bridgehead atoms. The standard InChI is InChI=1S/C25H32Cl2FN5O3.C2H6/c1-5-32(25(35)30-36-4)14-13-31(3)23-17-24(34)33(21-12-11-19(27)15-20(28)16-21)22(29-23)10-8-6-7-9-18(2)26;1-2/h6-12,15,17,20-21H,5,13-14,16H2,1-4H3,(H,30,35);1-2H3/b7-6-,10-8+,18-9+;. The summed E-state index contributed by atoms with van der Waals surface area (Å²) in [7, 11) is 3.15. The lowest BCUT2D eigenvalue weighted by Crippen LogP contribution is -2.43. The fourth-order valence-corrected chi connectivity index (χ4v) is 3.76. The van der Waals surface area contributed by atoms with E-state index in [-0.39, 0.29) is 23.0 Å². The average Bonchev–Trinajstić information content (AvgIpc) is 3.04. The van der Waals surface area contributed by atoms with Crippen LogP contribution in [0, 0.1) is 0 Å². The minimum absolute atomic E-state index is 0.0500. The van der Waals surface area contributed by atoms with Crippen molar-refractivity contribution in [2.45, 2.75) is 46.3 Å². The molecule has 0 aliphatic heterocycles. The van der Waals surface area contributed by atoms with Crippen molar-refractivity contribution in [3.8, 4) is 0 Å². The Hall–Kier alpha value is -2.88. The number of allylic oxidation sites excluding steroid dienone is 9. The molecule has 0 aromatic carbocycles. The molecule has 1 heterocycles. The van der Waals surface area contributed by atoms with Gasteiger partial charge in [-0.05, 0) is 38.2 Å². The lowest BCUT2D eigenvalue weighted by atomic mass is 10.1. The molecule has 1 aliphatic rings. The van der Waals surface area contributed by atoms with E-state index in [0.717, 1.165) is 0 Å². The van der Waals surface area contributed by atoms with E-state index in [1.165, 1.54) is 23.8 Å². The summed E-state index contributed by atoms with van der Waals surface area (Å²) in [6.45, 7) is 8.89. The zero-order valence-electron chi connectivity index (χ0n) is 22.8. The van der Waals surface area contributed by atoms with Gasteiger partial charge in [0.05, 0.1) is 13.2 Å². The van der Waals surface area contributed by atoms with Crippen molar-refractivity contribution in [2.75, 3.05) is 38.7 Å². The molecule has 1 aromatic rings. The highest BCUT2D eigenvalue weighted by Crippen LogP contribution is 2.25. The van der Waals surface area contributed by atoms with Gasteiger partial charge < -0.3 is 9.80 Å². The predicted molar refractivity (Wildman–Crippen MR) is 155 cm³/mol. The molecule has 11 heteroatoms. The molecular formula is C27H38Cl2FN5O3. The normalized spacial score (nSPS) is 17.6. The Kier molecular flexibility index (Phi) is 15.3. The molecule has 2 unspecified atom stereocenters. The van der Waals surface area contributed by atoms with Gasteiger partial charge >= 0.3 is 6.03 Å². The number of halogens is 3. The molecule has 0 fully saturated rings. The topological polar surface area (TPSA) is 79.7 Å². The van der Waals surface area contributed by atoms with Crippen LogP contribution in [0.15, 0.2) is 63.5 Å². The smallest absolute Gasteiger partial charge is 0.341 e. The second kappa shape index (κ2) is 17.6. The second-order valence-electron chi connectivity index (χ2n) is 8.02. The van der Waals surface area contributed by atoms with Gasteiger partial charge in [0.1, 0.15) is 17.8 Å². The number of rotatable bonds is 10. The average molecular weight is 571 g/mol. The monoisotopic (exact) mass is 569 g/mol. The minimum atomic E-state index is -1.31. The van der Waals surface area contributed by atoms with Gasteiger partial charge in [-0.2, -0.15) is 0 Å². The summed E-state index contributed by atoms with van der Waals surface area (Å²) in [5, 5.41) is 0.907. The van der Waals surface area contributed by atoms with Crippen molar-refractivity contribution >= 4 is 41.1 Å². The first-order chi connectivity index (χ1) is 18.2. The minimum Gasteiger partial charge on any atom is -0.358 e. The van der Waals surface area contributed by atoms with Crippen LogP contribution in [0.1, 0.15) is 46.0 Å². The van der Waals surface area contributed by atoms with E-state index in [0.29, 0.717) is 36.3 Å². The molecule has 0 saturated carbocycles. The molecule has 8 nitrogen and oxygen atoms in total. The van der Waals surface area contributed by atoms with Gasteiger partial charge in [-0.15, -0.1) is 0 Å². The molecule has 2 atom stereocenters. The van der Waals surface area contributed by atoms with Crippen LogP contribution in [0.5, 0.6) is 0 Å². The van der Waals surface area contributed by atoms with Crippen LogP contribution in [0.4, 0.5) is 15.0 Å². The second-order valence-corrected chi connectivity index (χ2v) is 9.05. The van der Waals surface area contributed by atoms with Crippen molar-refractivity contribution in [2.24, 2.45) is 0 Å². The van der Waals surface area contributed by atoms with Crippen LogP contribution >= 0.6 is 23.2 Å². The lowest BCUT2D eigenvalue weighted by Gasteiger charge is -2.26. The number of alkyl halides is 1. The van der Waals surface area contributed by atoms with Crippen molar-refractivity contribution < 1.29 is 14.0 Å². The molecule has 38 heavy (non-hydrogen) atoms. The van der Waals surface area contributed by atoms with Crippen molar-refractivity contribution in [1.82, 2.24) is 19.9 Å². The van der Waals surface area contributed by atoms with E-state index in [2.05, 4.69) is 10.5 Å². The van der Waals surface area contributed by atoms with Gasteiger partial charge in [-0.3, -0.25) is 14.2 Å². The number of amides is 2. The Bertz CT molecular complexity index is 1110. The van der Waals surface area contributed by atoms with Crippen LogP contribution < -0.4 is 15.9 Å². The van der Waals surface area contributed by atoms with Gasteiger partial charge in [0, 0.05) is 49.2 Å². The highest BCUT2D eigenvalue weighted by atomic mass is 35.5. The third-order valence-corrected chi connectivity index (χ3v) is 5.71. The number of nitrogens with one attached hydrogen (secondary N) is 1. The maximum absolute atomic E-state index is 14.4. The number of likely N-dealkylation sites (N-methyl/N-ethyl adjacent to an activating group) is 2. The SMILES string of the molecule is CC.CCN(CCN(C)c1cc(=O)n(C2C=CC(Cl)=CC(F)C2)c(/C=C/C=C\C=C(/C)Cl)n1)C(=O)NOC. The number of hydrogen-bond acceptors (Lipinski definition) is 5. The molecule has 2 rings (SSSR count). The summed E-state index contributed by atoms with van der Waals surface area (Å²) >= 11 is 11.9. The summed E-state index contributed by atoms with van der Waals surface area (Å²) in [5.41, 5.74) is 1.96. The number of urea groups is 1. The maximum Gasteiger partial charge on any atom is 0.341 e. The fraction of sp³-hybridized carbons (Fsp3) is 0.444. The van der Waals surface area contributed by atoms with Crippen molar-refractivity contribution in [3.63, 3.8) is 0 Å². The zero-order valence-corrected chi connectivity index (χ0v) is 24.3. The lowest BCUT2D eigenvalue weighted by molar-refractivity contribution is 0.0881. The Balaban J connectivity index is 0.00000352. The van der Waals surface area contributed by atoms with Crippen LogP contribution in [-0.4, -0.2) is 60.4 Å². The summed E-state index contributed by atoms with van der Waals surface area (Å²) in [6.07, 6.45) is 12.0. The van der Waals surface area contributed by atoms with Gasteiger partial charge in [0.25, 0.3) is 5.56 Å². The van der Waals surface area contributed by atoms with Gasteiger partial charge in [0.2, 0.25) is 0 Å². The van der Waals surface area contributed by atoms with Crippen molar-refractivity contribution in [1.29, 1.82) is 0 Å². The van der Waals surface area contributed by atoms with Crippen molar-refractivity contribution in [3.05, 3.63) is 74.8 Å². The van der Waals surface area contributed by atoms with Crippen LogP contribution in [0.3, 0.4) is 0 Å². The molecule has 0 saturated heterocycles. The number of aromatic nitrogens is 2. The number of anilines is 1. The fourth-order valence-electron chi connectivity index (χ4n) is 3.48. The first-order valence-electron chi connectivity index (χ1n) is 12.5. The molecule has 210 valence electrons. The van der Waals surface area contributed by atoms with Gasteiger partial charge in [0.15, 0.2) is 0 Å². The third kappa shape index (κ3) is 10.8. The highest BCUT2D eigenvalue weighted by Gasteiger charge is 2.22. The van der Waals surface area contributed by atoms with E-state index >= 15 is 0 Å². The van der Waals surface area contributed by atoms with Crippen LogP contribution in [0.2, 0.25) is 0 Å². The molecule has 0 radical (unpaired) electrons. The third-order valence-electron chi connectivity index (χ3n) is 5.33. The molecule has 2 amide bonds. The molecular weight excluding hydrogens is 532 g/mol. The van der Waals surface area contributed by atoms with Gasteiger partial charge in [-0.25, -0.2) is 19.6 Å². The number of nitrogens with zero attached hydrogens (tertiary/aromatic N) is 4. The first kappa shape index (κ1) is 33.1. The van der Waals surface area contributed by atoms with E-state index in [9.17, 15) is 14.0 Å². The first-order valence-corrected chi connectivity index (χ1v) is 13.2.